The zero-order valence-electron chi connectivity index (χ0n) is 13.4. The molecule has 0 saturated carbocycles. The van der Waals surface area contributed by atoms with Crippen molar-refractivity contribution >= 4 is 27.8 Å². The van der Waals surface area contributed by atoms with Gasteiger partial charge in [0.25, 0.3) is 0 Å². The summed E-state index contributed by atoms with van der Waals surface area (Å²) >= 11 is 0. The number of fused-ring (bicyclic) bond motifs is 2. The van der Waals surface area contributed by atoms with Crippen LogP contribution in [0.2, 0.25) is 0 Å². The van der Waals surface area contributed by atoms with Crippen LogP contribution in [0.5, 0.6) is 11.5 Å². The van der Waals surface area contributed by atoms with Crippen molar-refractivity contribution in [3.05, 3.63) is 60.0 Å². The van der Waals surface area contributed by atoms with Crippen molar-refractivity contribution in [2.45, 2.75) is 6.61 Å². The maximum Gasteiger partial charge on any atom is 0.352 e. The molecule has 0 aliphatic carbocycles. The van der Waals surface area contributed by atoms with Gasteiger partial charge in [0.1, 0.15) is 29.4 Å². The van der Waals surface area contributed by atoms with E-state index in [1.54, 1.807) is 25.5 Å². The molecule has 0 spiro atoms. The van der Waals surface area contributed by atoms with Crippen molar-refractivity contribution in [1.29, 1.82) is 0 Å². The van der Waals surface area contributed by atoms with E-state index in [4.69, 9.17) is 19.0 Å². The molecule has 0 aliphatic heterocycles. The highest BCUT2D eigenvalue weighted by Gasteiger charge is 2.14. The van der Waals surface area contributed by atoms with Crippen LogP contribution >= 0.6 is 0 Å². The number of hydrogen-bond acceptors (Lipinski definition) is 4. The van der Waals surface area contributed by atoms with Crippen LogP contribution in [0.3, 0.4) is 0 Å². The van der Waals surface area contributed by atoms with Gasteiger partial charge in [-0.15, -0.1) is 0 Å². The molecule has 0 aliphatic rings. The number of aromatic carboxylic acids is 1. The summed E-state index contributed by atoms with van der Waals surface area (Å²) in [6, 6.07) is 12.6. The molecule has 4 aromatic rings. The second-order valence-corrected chi connectivity index (χ2v) is 5.59. The fourth-order valence-corrected chi connectivity index (χ4v) is 2.92. The van der Waals surface area contributed by atoms with Gasteiger partial charge in [0, 0.05) is 16.5 Å². The van der Waals surface area contributed by atoms with Gasteiger partial charge < -0.3 is 24.0 Å². The minimum absolute atomic E-state index is 0.126. The number of rotatable bonds is 5. The summed E-state index contributed by atoms with van der Waals surface area (Å²) in [6.07, 6.45) is 1.65. The highest BCUT2D eigenvalue weighted by atomic mass is 16.5. The number of carboxylic acid groups (broad SMARTS) is 1. The normalized spacial score (nSPS) is 11.1. The number of benzene rings is 2. The molecule has 126 valence electrons. The van der Waals surface area contributed by atoms with Crippen LogP contribution in [0.4, 0.5) is 0 Å². The minimum Gasteiger partial charge on any atom is -0.496 e. The van der Waals surface area contributed by atoms with Crippen LogP contribution in [-0.2, 0) is 6.61 Å². The largest absolute Gasteiger partial charge is 0.496 e. The van der Waals surface area contributed by atoms with Gasteiger partial charge in [-0.05, 0) is 30.3 Å². The molecule has 0 bridgehead atoms. The number of methoxy groups -OCH3 is 1. The minimum atomic E-state index is -1.01. The standard InChI is InChI=1S/C19H15NO5/c1-23-16-6-3-7-17-18(16)11(10-25-17)9-24-15-5-2-4-13-12(15)8-14(20-13)19(21)22/h2-8,10,20H,9H2,1H3,(H,21,22). The van der Waals surface area contributed by atoms with Gasteiger partial charge >= 0.3 is 5.97 Å². The Morgan fingerprint density at radius 1 is 1.20 bits per heavy atom. The summed E-state index contributed by atoms with van der Waals surface area (Å²) in [5.74, 6) is 0.316. The zero-order valence-corrected chi connectivity index (χ0v) is 13.4. The molecule has 25 heavy (non-hydrogen) atoms. The smallest absolute Gasteiger partial charge is 0.352 e. The quantitative estimate of drug-likeness (QED) is 0.570. The molecule has 4 rings (SSSR count). The van der Waals surface area contributed by atoms with Crippen LogP contribution in [0.15, 0.2) is 53.1 Å². The zero-order chi connectivity index (χ0) is 17.4. The number of nitrogens with one attached hydrogen (secondary N) is 1. The first-order valence-electron chi connectivity index (χ1n) is 7.68. The Morgan fingerprint density at radius 2 is 2.00 bits per heavy atom. The monoisotopic (exact) mass is 337 g/mol. The van der Waals surface area contributed by atoms with Crippen molar-refractivity contribution < 1.29 is 23.8 Å². The maximum atomic E-state index is 11.1. The molecule has 0 fully saturated rings. The van der Waals surface area contributed by atoms with E-state index in [1.165, 1.54) is 0 Å². The average molecular weight is 337 g/mol. The van der Waals surface area contributed by atoms with Crippen LogP contribution in [0.25, 0.3) is 21.9 Å². The number of H-pyrrole nitrogens is 1. The van der Waals surface area contributed by atoms with Crippen LogP contribution in [0, 0.1) is 0 Å². The maximum absolute atomic E-state index is 11.1. The van der Waals surface area contributed by atoms with E-state index < -0.39 is 5.97 Å². The highest BCUT2D eigenvalue weighted by molar-refractivity contribution is 5.96. The summed E-state index contributed by atoms with van der Waals surface area (Å²) in [4.78, 5) is 14.0. The van der Waals surface area contributed by atoms with E-state index in [9.17, 15) is 4.79 Å². The molecule has 0 unspecified atom stereocenters. The second-order valence-electron chi connectivity index (χ2n) is 5.59. The molecular weight excluding hydrogens is 322 g/mol. The molecule has 0 radical (unpaired) electrons. The first-order valence-corrected chi connectivity index (χ1v) is 7.68. The Bertz CT molecular complexity index is 1080. The number of aromatic amines is 1. The van der Waals surface area contributed by atoms with E-state index in [-0.39, 0.29) is 12.3 Å². The number of furan rings is 1. The third-order valence-electron chi connectivity index (χ3n) is 4.09. The molecule has 2 heterocycles. The lowest BCUT2D eigenvalue weighted by Gasteiger charge is -2.07. The van der Waals surface area contributed by atoms with E-state index in [0.29, 0.717) is 11.3 Å². The van der Waals surface area contributed by atoms with Crippen molar-refractivity contribution in [3.63, 3.8) is 0 Å². The lowest BCUT2D eigenvalue weighted by molar-refractivity contribution is 0.0691. The van der Waals surface area contributed by atoms with E-state index in [2.05, 4.69) is 4.98 Å². The van der Waals surface area contributed by atoms with Gasteiger partial charge in [0.15, 0.2) is 0 Å². The molecule has 6 heteroatoms. The van der Waals surface area contributed by atoms with E-state index in [1.807, 2.05) is 30.3 Å². The Morgan fingerprint density at radius 3 is 2.80 bits per heavy atom. The van der Waals surface area contributed by atoms with Gasteiger partial charge in [-0.3, -0.25) is 0 Å². The summed E-state index contributed by atoms with van der Waals surface area (Å²) in [7, 11) is 1.61. The third-order valence-corrected chi connectivity index (χ3v) is 4.09. The molecule has 2 N–H and O–H groups in total. The van der Waals surface area contributed by atoms with Crippen LogP contribution in [-0.4, -0.2) is 23.2 Å². The molecule has 0 saturated heterocycles. The Balaban J connectivity index is 1.68. The fraction of sp³-hybridized carbons (Fsp3) is 0.105. The molecule has 0 amide bonds. The first kappa shape index (κ1) is 15.1. The number of carbonyl (C=O) groups is 1. The van der Waals surface area contributed by atoms with Gasteiger partial charge in [-0.2, -0.15) is 0 Å². The van der Waals surface area contributed by atoms with Gasteiger partial charge in [-0.1, -0.05) is 12.1 Å². The van der Waals surface area contributed by atoms with E-state index >= 15 is 0 Å². The summed E-state index contributed by atoms with van der Waals surface area (Å²) in [5, 5.41) is 10.7. The van der Waals surface area contributed by atoms with Crippen LogP contribution in [0.1, 0.15) is 16.1 Å². The molecule has 2 aromatic carbocycles. The predicted molar refractivity (Wildman–Crippen MR) is 92.4 cm³/mol. The van der Waals surface area contributed by atoms with Gasteiger partial charge in [0.2, 0.25) is 0 Å². The SMILES string of the molecule is COc1cccc2occ(COc3cccc4[nH]c(C(=O)O)cc34)c12. The predicted octanol–water partition coefficient (Wildman–Crippen LogP) is 4.20. The van der Waals surface area contributed by atoms with Crippen molar-refractivity contribution in [3.8, 4) is 11.5 Å². The van der Waals surface area contributed by atoms with Crippen molar-refractivity contribution in [2.24, 2.45) is 0 Å². The molecule has 6 nitrogen and oxygen atoms in total. The summed E-state index contributed by atoms with van der Waals surface area (Å²) in [5.41, 5.74) is 2.43. The number of aromatic nitrogens is 1. The lowest BCUT2D eigenvalue weighted by atomic mass is 10.1. The lowest BCUT2D eigenvalue weighted by Crippen LogP contribution is -1.96. The highest BCUT2D eigenvalue weighted by Crippen LogP contribution is 2.32. The van der Waals surface area contributed by atoms with Crippen LogP contribution < -0.4 is 9.47 Å². The molecule has 2 aromatic heterocycles. The Kier molecular flexibility index (Phi) is 3.57. The average Bonchev–Trinajstić information content (AvgIpc) is 3.24. The first-order chi connectivity index (χ1) is 12.2. The van der Waals surface area contributed by atoms with Gasteiger partial charge in [0.05, 0.1) is 18.8 Å². The molecule has 0 atom stereocenters. The Labute approximate surface area is 142 Å². The number of carboxylic acids is 1. The summed E-state index contributed by atoms with van der Waals surface area (Å²) < 4.78 is 16.9. The van der Waals surface area contributed by atoms with Gasteiger partial charge in [-0.25, -0.2) is 4.79 Å². The topological polar surface area (TPSA) is 84.7 Å². The van der Waals surface area contributed by atoms with E-state index in [0.717, 1.165) is 27.7 Å². The Hall–Kier alpha value is -3.41. The second kappa shape index (κ2) is 5.90. The van der Waals surface area contributed by atoms with Crippen molar-refractivity contribution in [1.82, 2.24) is 4.98 Å². The third kappa shape index (κ3) is 2.57. The molecular formula is C19H15NO5. The van der Waals surface area contributed by atoms with Crippen molar-refractivity contribution in [2.75, 3.05) is 7.11 Å². The fourth-order valence-electron chi connectivity index (χ4n) is 2.92. The number of ether oxygens (including phenoxy) is 2. The summed E-state index contributed by atoms with van der Waals surface area (Å²) in [6.45, 7) is 0.278. The number of hydrogen-bond donors (Lipinski definition) is 2.